The Bertz CT molecular complexity index is 647. The molecule has 1 aromatic heterocycles. The summed E-state index contributed by atoms with van der Waals surface area (Å²) in [4.78, 5) is 30.1. The van der Waals surface area contributed by atoms with E-state index in [4.69, 9.17) is 5.53 Å². The van der Waals surface area contributed by atoms with E-state index in [1.54, 1.807) is 18.2 Å². The van der Waals surface area contributed by atoms with Crippen molar-refractivity contribution in [2.24, 2.45) is 5.11 Å². The molecule has 2 N–H and O–H groups in total. The molecule has 0 fully saturated rings. The zero-order chi connectivity index (χ0) is 11.5. The van der Waals surface area contributed by atoms with Crippen LogP contribution < -0.4 is 5.69 Å². The van der Waals surface area contributed by atoms with Gasteiger partial charge in [0.15, 0.2) is 5.78 Å². The van der Waals surface area contributed by atoms with Gasteiger partial charge in [0.25, 0.3) is 0 Å². The fourth-order valence-corrected chi connectivity index (χ4v) is 1.39. The first-order chi connectivity index (χ1) is 7.70. The Balaban J connectivity index is 2.42. The number of rotatable bonds is 3. The van der Waals surface area contributed by atoms with Gasteiger partial charge in [-0.2, -0.15) is 0 Å². The highest BCUT2D eigenvalue weighted by Gasteiger charge is 2.06. The smallest absolute Gasteiger partial charge is 0.306 e. The first-order valence-electron chi connectivity index (χ1n) is 4.47. The Morgan fingerprint density at radius 1 is 1.38 bits per heavy atom. The number of hydrogen-bond acceptors (Lipinski definition) is 3. The van der Waals surface area contributed by atoms with Gasteiger partial charge in [-0.15, -0.1) is 0 Å². The first kappa shape index (κ1) is 10.0. The summed E-state index contributed by atoms with van der Waals surface area (Å²) in [7, 11) is 0. The molecule has 80 valence electrons. The lowest BCUT2D eigenvalue weighted by Gasteiger charge is -1.96. The molecule has 0 bridgehead atoms. The second-order valence-electron chi connectivity index (χ2n) is 3.15. The average Bonchev–Trinajstić information content (AvgIpc) is 2.64. The first-order valence-corrected chi connectivity index (χ1v) is 4.47. The predicted octanol–water partition coefficient (Wildman–Crippen LogP) is 1.35. The predicted molar refractivity (Wildman–Crippen MR) is 57.3 cm³/mol. The van der Waals surface area contributed by atoms with E-state index in [9.17, 15) is 9.59 Å². The number of Topliss-reactive ketones (excluding diaryl/α,β-unsaturated/α-hetero) is 1. The van der Waals surface area contributed by atoms with Gasteiger partial charge >= 0.3 is 5.69 Å². The van der Waals surface area contributed by atoms with Crippen molar-refractivity contribution >= 4 is 16.8 Å². The van der Waals surface area contributed by atoms with Crippen molar-refractivity contribution in [3.05, 3.63) is 44.7 Å². The van der Waals surface area contributed by atoms with Crippen LogP contribution in [0.2, 0.25) is 0 Å². The van der Waals surface area contributed by atoms with E-state index in [0.29, 0.717) is 16.6 Å². The number of hydrogen-bond donors (Lipinski definition) is 2. The van der Waals surface area contributed by atoms with Crippen LogP contribution in [0, 0.1) is 0 Å². The molecule has 0 spiro atoms. The number of ketones is 1. The minimum Gasteiger partial charge on any atom is -0.306 e. The largest absolute Gasteiger partial charge is 0.323 e. The summed E-state index contributed by atoms with van der Waals surface area (Å²) in [5.41, 5.74) is 9.35. The van der Waals surface area contributed by atoms with Crippen molar-refractivity contribution in [1.82, 2.24) is 9.97 Å². The van der Waals surface area contributed by atoms with Crippen molar-refractivity contribution in [1.29, 1.82) is 0 Å². The molecule has 7 heteroatoms. The molecule has 1 aromatic carbocycles. The molecule has 0 aliphatic heterocycles. The molecule has 2 rings (SSSR count). The van der Waals surface area contributed by atoms with Crippen LogP contribution in [0.5, 0.6) is 0 Å². The topological polar surface area (TPSA) is 114 Å². The number of nitrogens with one attached hydrogen (secondary N) is 2. The summed E-state index contributed by atoms with van der Waals surface area (Å²) in [5, 5.41) is 3.18. The number of benzene rings is 1. The van der Waals surface area contributed by atoms with E-state index in [1.807, 2.05) is 0 Å². The van der Waals surface area contributed by atoms with Crippen LogP contribution in [0.15, 0.2) is 28.1 Å². The molecule has 0 aliphatic rings. The zero-order valence-electron chi connectivity index (χ0n) is 8.10. The van der Waals surface area contributed by atoms with Crippen molar-refractivity contribution in [3.63, 3.8) is 0 Å². The normalized spacial score (nSPS) is 10.0. The molecule has 0 amide bonds. The van der Waals surface area contributed by atoms with E-state index >= 15 is 0 Å². The minimum atomic E-state index is -0.324. The standard InChI is InChI=1S/C9H7N5O2/c10-14-11-4-8(15)5-1-2-6-7(3-5)13-9(16)12-6/h1-3H,4H2,(H2,12,13,16). The van der Waals surface area contributed by atoms with Gasteiger partial charge in [0.1, 0.15) is 0 Å². The highest BCUT2D eigenvalue weighted by atomic mass is 16.1. The second kappa shape index (κ2) is 3.92. The van der Waals surface area contributed by atoms with Crippen molar-refractivity contribution in [2.75, 3.05) is 6.54 Å². The Labute approximate surface area is 88.7 Å². The Hall–Kier alpha value is -2.53. The Kier molecular flexibility index (Phi) is 2.45. The number of aromatic nitrogens is 2. The van der Waals surface area contributed by atoms with E-state index in [-0.39, 0.29) is 18.0 Å². The van der Waals surface area contributed by atoms with Gasteiger partial charge in [-0.3, -0.25) is 4.79 Å². The fraction of sp³-hybridized carbons (Fsp3) is 0.111. The molecule has 16 heavy (non-hydrogen) atoms. The molecular formula is C9H7N5O2. The summed E-state index contributed by atoms with van der Waals surface area (Å²) in [6.07, 6.45) is 0. The van der Waals surface area contributed by atoms with Crippen molar-refractivity contribution in [3.8, 4) is 0 Å². The molecule has 0 unspecified atom stereocenters. The maximum atomic E-state index is 11.5. The lowest BCUT2D eigenvalue weighted by Crippen LogP contribution is -2.02. The summed E-state index contributed by atoms with van der Waals surface area (Å²) >= 11 is 0. The highest BCUT2D eigenvalue weighted by Crippen LogP contribution is 2.10. The summed E-state index contributed by atoms with van der Waals surface area (Å²) in [6.45, 7) is -0.226. The third-order valence-electron chi connectivity index (χ3n) is 2.12. The van der Waals surface area contributed by atoms with Gasteiger partial charge in [0.05, 0.1) is 17.6 Å². The van der Waals surface area contributed by atoms with Crippen LogP contribution >= 0.6 is 0 Å². The number of H-pyrrole nitrogens is 2. The molecule has 0 saturated carbocycles. The third-order valence-corrected chi connectivity index (χ3v) is 2.12. The summed E-state index contributed by atoms with van der Waals surface area (Å²) < 4.78 is 0. The van der Waals surface area contributed by atoms with Crippen LogP contribution in [0.3, 0.4) is 0 Å². The van der Waals surface area contributed by atoms with Crippen LogP contribution in [0.4, 0.5) is 0 Å². The maximum absolute atomic E-state index is 11.5. The number of carbonyl (C=O) groups excluding carboxylic acids is 1. The molecule has 2 aromatic rings. The van der Waals surface area contributed by atoms with Gasteiger partial charge in [-0.05, 0) is 23.7 Å². The zero-order valence-corrected chi connectivity index (χ0v) is 8.10. The number of aromatic amines is 2. The number of fused-ring (bicyclic) bond motifs is 1. The number of carbonyl (C=O) groups is 1. The molecule has 0 atom stereocenters. The highest BCUT2D eigenvalue weighted by molar-refractivity contribution is 6.00. The third kappa shape index (κ3) is 1.79. The van der Waals surface area contributed by atoms with E-state index in [0.717, 1.165) is 0 Å². The molecule has 0 saturated heterocycles. The van der Waals surface area contributed by atoms with E-state index < -0.39 is 0 Å². The van der Waals surface area contributed by atoms with Gasteiger partial charge < -0.3 is 9.97 Å². The Morgan fingerprint density at radius 2 is 2.12 bits per heavy atom. The van der Waals surface area contributed by atoms with Crippen molar-refractivity contribution < 1.29 is 4.79 Å². The summed E-state index contributed by atoms with van der Waals surface area (Å²) in [6, 6.07) is 4.74. The van der Waals surface area contributed by atoms with Gasteiger partial charge in [-0.1, -0.05) is 5.11 Å². The molecular weight excluding hydrogens is 210 g/mol. The summed E-state index contributed by atoms with van der Waals surface area (Å²) in [5.74, 6) is -0.290. The number of nitrogens with zero attached hydrogens (tertiary/aromatic N) is 3. The molecule has 1 heterocycles. The van der Waals surface area contributed by atoms with Crippen LogP contribution in [-0.4, -0.2) is 22.3 Å². The molecule has 0 radical (unpaired) electrons. The average molecular weight is 217 g/mol. The van der Waals surface area contributed by atoms with Gasteiger partial charge in [0.2, 0.25) is 0 Å². The van der Waals surface area contributed by atoms with Gasteiger partial charge in [0, 0.05) is 10.5 Å². The number of imidazole rings is 1. The van der Waals surface area contributed by atoms with E-state index in [1.165, 1.54) is 0 Å². The lowest BCUT2D eigenvalue weighted by atomic mass is 10.1. The van der Waals surface area contributed by atoms with Crippen molar-refractivity contribution in [2.45, 2.75) is 0 Å². The van der Waals surface area contributed by atoms with Crippen LogP contribution in [-0.2, 0) is 0 Å². The van der Waals surface area contributed by atoms with Gasteiger partial charge in [-0.25, -0.2) is 4.79 Å². The monoisotopic (exact) mass is 217 g/mol. The molecule has 0 aliphatic carbocycles. The van der Waals surface area contributed by atoms with Crippen LogP contribution in [0.1, 0.15) is 10.4 Å². The number of azide groups is 1. The fourth-order valence-electron chi connectivity index (χ4n) is 1.39. The molecule has 7 nitrogen and oxygen atoms in total. The Morgan fingerprint density at radius 3 is 2.88 bits per heavy atom. The van der Waals surface area contributed by atoms with Crippen LogP contribution in [0.25, 0.3) is 21.5 Å². The quantitative estimate of drug-likeness (QED) is 0.349. The second-order valence-corrected chi connectivity index (χ2v) is 3.15. The SMILES string of the molecule is [N-]=[N+]=NCC(=O)c1ccc2[nH]c(=O)[nH]c2c1. The minimum absolute atomic E-state index is 0.226. The maximum Gasteiger partial charge on any atom is 0.323 e. The van der Waals surface area contributed by atoms with E-state index in [2.05, 4.69) is 20.0 Å². The lowest BCUT2D eigenvalue weighted by molar-refractivity contribution is 0.100.